The fourth-order valence-electron chi connectivity index (χ4n) is 2.03. The number of aromatic nitrogens is 2. The molecule has 1 heterocycles. The summed E-state index contributed by atoms with van der Waals surface area (Å²) in [4.78, 5) is 19.5. The standard InChI is InChI=1S/C13H20ClN3O/c1-9(8-13(2,3)4)7-11(18)16-10-5-6-15-12(14)17-10/h5-6,9H,7-8H2,1-4H3,(H,15,16,17,18). The Morgan fingerprint density at radius 2 is 2.17 bits per heavy atom. The zero-order valence-electron chi connectivity index (χ0n) is 11.3. The first-order valence-corrected chi connectivity index (χ1v) is 6.42. The van der Waals surface area contributed by atoms with Gasteiger partial charge >= 0.3 is 0 Å². The van der Waals surface area contributed by atoms with Crippen LogP contribution in [0.1, 0.15) is 40.5 Å². The third-order valence-electron chi connectivity index (χ3n) is 2.39. The summed E-state index contributed by atoms with van der Waals surface area (Å²) < 4.78 is 0. The summed E-state index contributed by atoms with van der Waals surface area (Å²) in [5.41, 5.74) is 0.234. The van der Waals surface area contributed by atoms with Crippen LogP contribution in [0.4, 0.5) is 5.82 Å². The van der Waals surface area contributed by atoms with Crippen molar-refractivity contribution in [3.05, 3.63) is 17.5 Å². The van der Waals surface area contributed by atoms with Gasteiger partial charge in [0, 0.05) is 12.6 Å². The molecule has 1 atom stereocenters. The maximum Gasteiger partial charge on any atom is 0.225 e. The van der Waals surface area contributed by atoms with Gasteiger partial charge in [0.15, 0.2) is 0 Å². The summed E-state index contributed by atoms with van der Waals surface area (Å²) in [6.45, 7) is 8.60. The summed E-state index contributed by atoms with van der Waals surface area (Å²) in [6.07, 6.45) is 3.01. The van der Waals surface area contributed by atoms with Crippen LogP contribution in [-0.2, 0) is 4.79 Å². The number of rotatable bonds is 4. The van der Waals surface area contributed by atoms with Crippen LogP contribution >= 0.6 is 11.6 Å². The van der Waals surface area contributed by atoms with Crippen molar-refractivity contribution < 1.29 is 4.79 Å². The minimum absolute atomic E-state index is 0.0403. The summed E-state index contributed by atoms with van der Waals surface area (Å²) in [5, 5.41) is 2.86. The van der Waals surface area contributed by atoms with Crippen LogP contribution in [0.25, 0.3) is 0 Å². The molecule has 1 N–H and O–H groups in total. The number of nitrogens with one attached hydrogen (secondary N) is 1. The van der Waals surface area contributed by atoms with Crippen molar-refractivity contribution in [3.63, 3.8) is 0 Å². The van der Waals surface area contributed by atoms with Crippen molar-refractivity contribution in [3.8, 4) is 0 Å². The van der Waals surface area contributed by atoms with Gasteiger partial charge in [0.05, 0.1) is 0 Å². The van der Waals surface area contributed by atoms with E-state index < -0.39 is 0 Å². The van der Waals surface area contributed by atoms with Gasteiger partial charge in [-0.1, -0.05) is 27.7 Å². The smallest absolute Gasteiger partial charge is 0.225 e. The van der Waals surface area contributed by atoms with Crippen LogP contribution in [0.5, 0.6) is 0 Å². The first kappa shape index (κ1) is 14.9. The molecular weight excluding hydrogens is 250 g/mol. The van der Waals surface area contributed by atoms with E-state index in [-0.39, 0.29) is 16.6 Å². The SMILES string of the molecule is CC(CC(=O)Nc1ccnc(Cl)n1)CC(C)(C)C. The Hall–Kier alpha value is -1.16. The second-order valence-electron chi connectivity index (χ2n) is 5.83. The van der Waals surface area contributed by atoms with Crippen LogP contribution < -0.4 is 5.32 Å². The second kappa shape index (κ2) is 6.14. The minimum Gasteiger partial charge on any atom is -0.311 e. The lowest BCUT2D eigenvalue weighted by molar-refractivity contribution is -0.117. The number of carbonyl (C=O) groups is 1. The fourth-order valence-corrected chi connectivity index (χ4v) is 2.18. The van der Waals surface area contributed by atoms with Crippen LogP contribution in [-0.4, -0.2) is 15.9 Å². The third-order valence-corrected chi connectivity index (χ3v) is 2.57. The van der Waals surface area contributed by atoms with E-state index >= 15 is 0 Å². The number of nitrogens with zero attached hydrogens (tertiary/aromatic N) is 2. The average Bonchev–Trinajstić information content (AvgIpc) is 2.13. The zero-order chi connectivity index (χ0) is 13.8. The van der Waals surface area contributed by atoms with Gasteiger partial charge in [0.25, 0.3) is 0 Å². The van der Waals surface area contributed by atoms with Crippen molar-refractivity contribution in [1.82, 2.24) is 9.97 Å². The molecule has 0 aliphatic carbocycles. The maximum atomic E-state index is 11.8. The third kappa shape index (κ3) is 5.96. The fraction of sp³-hybridized carbons (Fsp3) is 0.615. The molecule has 0 radical (unpaired) electrons. The highest BCUT2D eigenvalue weighted by atomic mass is 35.5. The molecule has 0 aromatic carbocycles. The van der Waals surface area contributed by atoms with Crippen molar-refractivity contribution in [2.45, 2.75) is 40.5 Å². The van der Waals surface area contributed by atoms with Gasteiger partial charge in [-0.15, -0.1) is 0 Å². The monoisotopic (exact) mass is 269 g/mol. The Bertz CT molecular complexity index is 415. The molecule has 100 valence electrons. The van der Waals surface area contributed by atoms with Crippen molar-refractivity contribution in [2.24, 2.45) is 11.3 Å². The number of carbonyl (C=O) groups excluding carboxylic acids is 1. The lowest BCUT2D eigenvalue weighted by Gasteiger charge is -2.22. The van der Waals surface area contributed by atoms with E-state index in [1.165, 1.54) is 6.20 Å². The predicted molar refractivity (Wildman–Crippen MR) is 73.5 cm³/mol. The van der Waals surface area contributed by atoms with Gasteiger partial charge in [-0.05, 0) is 35.4 Å². The molecule has 0 fully saturated rings. The van der Waals surface area contributed by atoms with E-state index in [9.17, 15) is 4.79 Å². The molecule has 4 nitrogen and oxygen atoms in total. The molecule has 0 spiro atoms. The highest BCUT2D eigenvalue weighted by molar-refractivity contribution is 6.28. The average molecular weight is 270 g/mol. The number of amides is 1. The largest absolute Gasteiger partial charge is 0.311 e. The molecule has 1 amide bonds. The molecule has 0 saturated carbocycles. The Morgan fingerprint density at radius 1 is 1.50 bits per heavy atom. The Morgan fingerprint density at radius 3 is 2.72 bits per heavy atom. The molecule has 1 aromatic heterocycles. The van der Waals surface area contributed by atoms with Gasteiger partial charge in [-0.25, -0.2) is 9.97 Å². The maximum absolute atomic E-state index is 11.8. The van der Waals surface area contributed by atoms with E-state index in [4.69, 9.17) is 11.6 Å². The van der Waals surface area contributed by atoms with Crippen LogP contribution in [0.15, 0.2) is 12.3 Å². The van der Waals surface area contributed by atoms with Crippen LogP contribution in [0, 0.1) is 11.3 Å². The Balaban J connectivity index is 2.47. The van der Waals surface area contributed by atoms with Crippen LogP contribution in [0.2, 0.25) is 5.28 Å². The van der Waals surface area contributed by atoms with E-state index in [0.717, 1.165) is 6.42 Å². The molecule has 0 aliphatic rings. The normalized spacial score (nSPS) is 13.2. The number of hydrogen-bond acceptors (Lipinski definition) is 3. The summed E-state index contributed by atoms with van der Waals surface area (Å²) >= 11 is 5.65. The molecule has 0 aliphatic heterocycles. The lowest BCUT2D eigenvalue weighted by Crippen LogP contribution is -2.19. The number of anilines is 1. The summed E-state index contributed by atoms with van der Waals surface area (Å²) in [7, 11) is 0. The van der Waals surface area contributed by atoms with E-state index in [1.54, 1.807) is 6.07 Å². The zero-order valence-corrected chi connectivity index (χ0v) is 12.1. The number of halogens is 1. The molecule has 5 heteroatoms. The van der Waals surface area contributed by atoms with Gasteiger partial charge in [-0.2, -0.15) is 0 Å². The molecule has 1 unspecified atom stereocenters. The quantitative estimate of drug-likeness (QED) is 0.851. The minimum atomic E-state index is -0.0403. The Kier molecular flexibility index (Phi) is 5.08. The van der Waals surface area contributed by atoms with Crippen molar-refractivity contribution >= 4 is 23.3 Å². The van der Waals surface area contributed by atoms with E-state index in [2.05, 4.69) is 43.0 Å². The van der Waals surface area contributed by atoms with Gasteiger partial charge in [-0.3, -0.25) is 4.79 Å². The van der Waals surface area contributed by atoms with Crippen molar-refractivity contribution in [1.29, 1.82) is 0 Å². The number of hydrogen-bond donors (Lipinski definition) is 1. The van der Waals surface area contributed by atoms with Crippen molar-refractivity contribution in [2.75, 3.05) is 5.32 Å². The van der Waals surface area contributed by atoms with Gasteiger partial charge < -0.3 is 5.32 Å². The molecule has 1 aromatic rings. The summed E-state index contributed by atoms with van der Waals surface area (Å²) in [6, 6.07) is 1.62. The molecule has 0 saturated heterocycles. The first-order valence-electron chi connectivity index (χ1n) is 6.05. The topological polar surface area (TPSA) is 54.9 Å². The Labute approximate surface area is 113 Å². The first-order chi connectivity index (χ1) is 8.26. The summed E-state index contributed by atoms with van der Waals surface area (Å²) in [5.74, 6) is 0.742. The highest BCUT2D eigenvalue weighted by Crippen LogP contribution is 2.26. The van der Waals surface area contributed by atoms with Gasteiger partial charge in [0.2, 0.25) is 11.2 Å². The predicted octanol–water partition coefficient (Wildman–Crippen LogP) is 3.53. The molecular formula is C13H20ClN3O. The molecule has 0 bridgehead atoms. The van der Waals surface area contributed by atoms with E-state index in [1.807, 2.05) is 0 Å². The van der Waals surface area contributed by atoms with E-state index in [0.29, 0.717) is 18.2 Å². The molecule has 18 heavy (non-hydrogen) atoms. The second-order valence-corrected chi connectivity index (χ2v) is 6.17. The van der Waals surface area contributed by atoms with Gasteiger partial charge in [0.1, 0.15) is 5.82 Å². The highest BCUT2D eigenvalue weighted by Gasteiger charge is 2.17. The van der Waals surface area contributed by atoms with Crippen LogP contribution in [0.3, 0.4) is 0 Å². The molecule has 1 rings (SSSR count). The lowest BCUT2D eigenvalue weighted by atomic mass is 9.84.